The summed E-state index contributed by atoms with van der Waals surface area (Å²) in [6.45, 7) is 9.53. The van der Waals surface area contributed by atoms with Crippen molar-refractivity contribution in [1.29, 1.82) is 0 Å². The Morgan fingerprint density at radius 1 is 1.29 bits per heavy atom. The molecule has 0 aliphatic carbocycles. The Morgan fingerprint density at radius 3 is 2.41 bits per heavy atom. The molecule has 1 aromatic carbocycles. The highest BCUT2D eigenvalue weighted by Crippen LogP contribution is 2.27. The van der Waals surface area contributed by atoms with Crippen LogP contribution in [-0.2, 0) is 11.8 Å². The van der Waals surface area contributed by atoms with Crippen LogP contribution in [0.2, 0.25) is 0 Å². The van der Waals surface area contributed by atoms with E-state index in [9.17, 15) is 5.11 Å². The van der Waals surface area contributed by atoms with Gasteiger partial charge in [0, 0.05) is 6.61 Å². The quantitative estimate of drug-likeness (QED) is 0.842. The summed E-state index contributed by atoms with van der Waals surface area (Å²) in [6, 6.07) is 6.57. The molecular formula is C15H25NO. The summed E-state index contributed by atoms with van der Waals surface area (Å²) in [6.07, 6.45) is 0.858. The second kappa shape index (κ2) is 5.65. The molecule has 0 aromatic heterocycles. The molecule has 2 nitrogen and oxygen atoms in total. The Bertz CT molecular complexity index is 362. The molecule has 2 heteroatoms. The molecule has 0 radical (unpaired) electrons. The van der Waals surface area contributed by atoms with E-state index in [0.717, 1.165) is 6.42 Å². The minimum atomic E-state index is 0.162. The second-order valence-corrected chi connectivity index (χ2v) is 5.89. The van der Waals surface area contributed by atoms with Crippen LogP contribution in [0.25, 0.3) is 0 Å². The Hall–Kier alpha value is -0.860. The van der Waals surface area contributed by atoms with Crippen LogP contribution < -0.4 is 5.73 Å². The molecule has 0 spiro atoms. The zero-order valence-corrected chi connectivity index (χ0v) is 11.5. The van der Waals surface area contributed by atoms with Crippen molar-refractivity contribution >= 4 is 0 Å². The maximum atomic E-state index is 9.19. The Kier molecular flexibility index (Phi) is 4.72. The first-order chi connectivity index (χ1) is 7.88. The normalized spacial score (nSPS) is 13.8. The van der Waals surface area contributed by atoms with Crippen LogP contribution in [0.5, 0.6) is 0 Å². The summed E-state index contributed by atoms with van der Waals surface area (Å²) in [5, 5.41) is 9.19. The van der Waals surface area contributed by atoms with Crippen LogP contribution in [0, 0.1) is 12.8 Å². The van der Waals surface area contributed by atoms with Gasteiger partial charge in [0.05, 0.1) is 0 Å². The zero-order chi connectivity index (χ0) is 13.1. The average Bonchev–Trinajstić information content (AvgIpc) is 2.26. The minimum Gasteiger partial charge on any atom is -0.396 e. The minimum absolute atomic E-state index is 0.162. The largest absolute Gasteiger partial charge is 0.396 e. The molecule has 17 heavy (non-hydrogen) atoms. The number of hydrogen-bond donors (Lipinski definition) is 2. The lowest BCUT2D eigenvalue weighted by Gasteiger charge is -2.23. The van der Waals surface area contributed by atoms with Gasteiger partial charge in [-0.1, -0.05) is 39.0 Å². The average molecular weight is 235 g/mol. The van der Waals surface area contributed by atoms with Gasteiger partial charge in [0.2, 0.25) is 0 Å². The summed E-state index contributed by atoms with van der Waals surface area (Å²) < 4.78 is 0. The van der Waals surface area contributed by atoms with Crippen LogP contribution in [0.1, 0.15) is 37.5 Å². The first-order valence-corrected chi connectivity index (χ1v) is 6.29. The number of hydrogen-bond acceptors (Lipinski definition) is 2. The highest BCUT2D eigenvalue weighted by atomic mass is 16.3. The number of aryl methyl sites for hydroxylation is 1. The Balaban J connectivity index is 2.97. The number of benzene rings is 1. The van der Waals surface area contributed by atoms with Gasteiger partial charge in [-0.2, -0.15) is 0 Å². The molecule has 0 saturated heterocycles. The van der Waals surface area contributed by atoms with Crippen LogP contribution in [-0.4, -0.2) is 18.3 Å². The van der Waals surface area contributed by atoms with E-state index in [2.05, 4.69) is 45.9 Å². The van der Waals surface area contributed by atoms with Crippen molar-refractivity contribution < 1.29 is 5.11 Å². The highest BCUT2D eigenvalue weighted by Gasteiger charge is 2.17. The smallest absolute Gasteiger partial charge is 0.0474 e. The number of aliphatic hydroxyl groups is 1. The maximum Gasteiger partial charge on any atom is 0.0474 e. The Morgan fingerprint density at radius 2 is 1.94 bits per heavy atom. The fraction of sp³-hybridized carbons (Fsp3) is 0.600. The molecule has 1 aromatic rings. The van der Waals surface area contributed by atoms with Gasteiger partial charge in [0.25, 0.3) is 0 Å². The third-order valence-electron chi connectivity index (χ3n) is 3.23. The zero-order valence-electron chi connectivity index (χ0n) is 11.5. The van der Waals surface area contributed by atoms with Gasteiger partial charge in [0.15, 0.2) is 0 Å². The Labute approximate surface area is 105 Å². The van der Waals surface area contributed by atoms with E-state index in [0.29, 0.717) is 6.54 Å². The third-order valence-corrected chi connectivity index (χ3v) is 3.23. The van der Waals surface area contributed by atoms with Crippen molar-refractivity contribution in [1.82, 2.24) is 0 Å². The van der Waals surface area contributed by atoms with Crippen molar-refractivity contribution in [3.05, 3.63) is 34.9 Å². The topological polar surface area (TPSA) is 46.2 Å². The lowest BCUT2D eigenvalue weighted by molar-refractivity contribution is 0.230. The molecule has 0 saturated carbocycles. The maximum absolute atomic E-state index is 9.19. The van der Waals surface area contributed by atoms with Crippen LogP contribution in [0.4, 0.5) is 0 Å². The van der Waals surface area contributed by atoms with E-state index >= 15 is 0 Å². The predicted octanol–water partition coefficient (Wildman–Crippen LogP) is 2.40. The third kappa shape index (κ3) is 3.83. The van der Waals surface area contributed by atoms with Gasteiger partial charge >= 0.3 is 0 Å². The number of aliphatic hydroxyl groups excluding tert-OH is 1. The van der Waals surface area contributed by atoms with E-state index in [-0.39, 0.29) is 17.9 Å². The van der Waals surface area contributed by atoms with Gasteiger partial charge in [-0.05, 0) is 47.9 Å². The predicted molar refractivity (Wildman–Crippen MR) is 73.2 cm³/mol. The van der Waals surface area contributed by atoms with Crippen molar-refractivity contribution in [2.45, 2.75) is 39.5 Å². The first kappa shape index (κ1) is 14.2. The van der Waals surface area contributed by atoms with E-state index in [1.807, 2.05) is 0 Å². The first-order valence-electron chi connectivity index (χ1n) is 6.29. The molecule has 1 rings (SSSR count). The molecular weight excluding hydrogens is 210 g/mol. The van der Waals surface area contributed by atoms with Gasteiger partial charge in [-0.15, -0.1) is 0 Å². The monoisotopic (exact) mass is 235 g/mol. The molecule has 3 N–H and O–H groups in total. The van der Waals surface area contributed by atoms with Crippen LogP contribution in [0.15, 0.2) is 18.2 Å². The summed E-state index contributed by atoms with van der Waals surface area (Å²) in [4.78, 5) is 0. The molecule has 1 unspecified atom stereocenters. The standard InChI is InChI=1S/C15H25NO/c1-11-5-6-12(7-13(9-16)10-17)8-14(11)15(2,3)4/h5-6,8,13,17H,7,9-10,16H2,1-4H3. The summed E-state index contributed by atoms with van der Waals surface area (Å²) in [7, 11) is 0. The molecule has 0 amide bonds. The van der Waals surface area contributed by atoms with Crippen molar-refractivity contribution in [3.8, 4) is 0 Å². The SMILES string of the molecule is Cc1ccc(CC(CN)CO)cc1C(C)(C)C. The molecule has 0 aliphatic heterocycles. The van der Waals surface area contributed by atoms with E-state index in [1.54, 1.807) is 0 Å². The van der Waals surface area contributed by atoms with E-state index in [1.165, 1.54) is 16.7 Å². The van der Waals surface area contributed by atoms with Gasteiger partial charge in [-0.25, -0.2) is 0 Å². The molecule has 0 fully saturated rings. The van der Waals surface area contributed by atoms with Crippen molar-refractivity contribution in [3.63, 3.8) is 0 Å². The summed E-state index contributed by atoms with van der Waals surface area (Å²) in [5.41, 5.74) is 9.76. The van der Waals surface area contributed by atoms with Crippen molar-refractivity contribution in [2.24, 2.45) is 11.7 Å². The van der Waals surface area contributed by atoms with Crippen LogP contribution in [0.3, 0.4) is 0 Å². The van der Waals surface area contributed by atoms with Gasteiger partial charge in [0.1, 0.15) is 0 Å². The summed E-state index contributed by atoms with van der Waals surface area (Å²) in [5.74, 6) is 0.172. The van der Waals surface area contributed by atoms with E-state index < -0.39 is 0 Å². The molecule has 0 bridgehead atoms. The van der Waals surface area contributed by atoms with Gasteiger partial charge in [-0.3, -0.25) is 0 Å². The fourth-order valence-electron chi connectivity index (χ4n) is 2.16. The highest BCUT2D eigenvalue weighted by molar-refractivity contribution is 5.36. The lowest BCUT2D eigenvalue weighted by atomic mass is 9.82. The second-order valence-electron chi connectivity index (χ2n) is 5.89. The molecule has 1 atom stereocenters. The van der Waals surface area contributed by atoms with Crippen LogP contribution >= 0.6 is 0 Å². The lowest BCUT2D eigenvalue weighted by Crippen LogP contribution is -2.21. The van der Waals surface area contributed by atoms with Gasteiger partial charge < -0.3 is 10.8 Å². The van der Waals surface area contributed by atoms with Crippen molar-refractivity contribution in [2.75, 3.05) is 13.2 Å². The number of nitrogens with two attached hydrogens (primary N) is 1. The fourth-order valence-corrected chi connectivity index (χ4v) is 2.16. The molecule has 96 valence electrons. The molecule has 0 heterocycles. The van der Waals surface area contributed by atoms with E-state index in [4.69, 9.17) is 5.73 Å². The number of rotatable bonds is 4. The summed E-state index contributed by atoms with van der Waals surface area (Å²) >= 11 is 0. The molecule has 0 aliphatic rings.